The van der Waals surface area contributed by atoms with E-state index < -0.39 is 9.28 Å². The first-order valence-corrected chi connectivity index (χ1v) is 5.48. The molecule has 0 aromatic heterocycles. The van der Waals surface area contributed by atoms with Gasteiger partial charge in [-0.15, -0.1) is 0 Å². The van der Waals surface area contributed by atoms with Crippen LogP contribution in [0.15, 0.2) is 0 Å². The summed E-state index contributed by atoms with van der Waals surface area (Å²) in [4.78, 5) is 0. The summed E-state index contributed by atoms with van der Waals surface area (Å²) in [5.74, 6) is 0. The lowest BCUT2D eigenvalue weighted by atomic mass is 10.6. The molecule has 0 aliphatic heterocycles. The molecular weight excluding hydrogens is 136 g/mol. The Morgan fingerprint density at radius 1 is 1.62 bits per heavy atom. The summed E-state index contributed by atoms with van der Waals surface area (Å²) in [5, 5.41) is 0. The van der Waals surface area contributed by atoms with Gasteiger partial charge in [-0.3, -0.25) is 0 Å². The zero-order chi connectivity index (χ0) is 6.41. The van der Waals surface area contributed by atoms with E-state index in [1.54, 1.807) is 7.11 Å². The van der Waals surface area contributed by atoms with Gasteiger partial charge in [0.1, 0.15) is 10.5 Å². The molecule has 0 saturated heterocycles. The molecule has 2 nitrogen and oxygen atoms in total. The number of hydrogen-bond acceptors (Lipinski definition) is 2. The molecule has 0 amide bonds. The van der Waals surface area contributed by atoms with Gasteiger partial charge in [-0.2, -0.15) is 0 Å². The molecule has 0 aromatic rings. The summed E-state index contributed by atoms with van der Waals surface area (Å²) in [5.41, 5.74) is 0. The van der Waals surface area contributed by atoms with Crippen LogP contribution in [0.1, 0.15) is 13.3 Å². The maximum atomic E-state index is 5.20. The van der Waals surface area contributed by atoms with Gasteiger partial charge in [0.05, 0.1) is 0 Å². The number of rotatable bonds is 4. The zero-order valence-corrected chi connectivity index (χ0v) is 8.96. The molecule has 0 N–H and O–H groups in total. The topological polar surface area (TPSA) is 18.5 Å². The lowest BCUT2D eigenvalue weighted by Crippen LogP contribution is -2.18. The van der Waals surface area contributed by atoms with Crippen LogP contribution in [-0.2, 0) is 8.54 Å². The van der Waals surface area contributed by atoms with Crippen molar-refractivity contribution in [2.24, 2.45) is 0 Å². The highest BCUT2D eigenvalue weighted by Crippen LogP contribution is 1.96. The molecule has 0 radical (unpaired) electrons. The molecule has 0 heterocycles. The maximum absolute atomic E-state index is 5.20. The van der Waals surface area contributed by atoms with E-state index in [9.17, 15) is 0 Å². The first-order valence-electron chi connectivity index (χ1n) is 2.90. The molecule has 0 aromatic carbocycles. The van der Waals surface area contributed by atoms with Crippen molar-refractivity contribution in [3.8, 4) is 0 Å². The molecule has 0 aliphatic rings. The van der Waals surface area contributed by atoms with Crippen molar-refractivity contribution in [2.45, 2.75) is 19.4 Å². The molecule has 0 aliphatic carbocycles. The van der Waals surface area contributed by atoms with Crippen molar-refractivity contribution >= 4 is 19.8 Å². The fourth-order valence-electron chi connectivity index (χ4n) is 0.568. The second kappa shape index (κ2) is 5.49. The van der Waals surface area contributed by atoms with Crippen LogP contribution < -0.4 is 0 Å². The Hall–Kier alpha value is 0.354. The van der Waals surface area contributed by atoms with Gasteiger partial charge in [0.15, 0.2) is 0 Å². The van der Waals surface area contributed by atoms with Crippen LogP contribution in [0.3, 0.4) is 0 Å². The van der Waals surface area contributed by atoms with E-state index in [4.69, 9.17) is 8.54 Å². The Labute approximate surface area is 55.6 Å². The monoisotopic (exact) mass is 150 g/mol. The smallest absolute Gasteiger partial charge is 0.310 e. The molecule has 1 atom stereocenters. The largest absolute Gasteiger partial charge is 0.447 e. The highest BCUT2D eigenvalue weighted by atomic mass is 28.3. The normalized spacial score (nSPS) is 14.2. The minimum absolute atomic E-state index is 0.833. The molecule has 0 fully saturated rings. The van der Waals surface area contributed by atoms with E-state index in [-0.39, 0.29) is 0 Å². The summed E-state index contributed by atoms with van der Waals surface area (Å²) >= 11 is 0. The molecule has 50 valence electrons. The van der Waals surface area contributed by atoms with Gasteiger partial charge >= 0.3 is 9.28 Å². The van der Waals surface area contributed by atoms with Crippen molar-refractivity contribution < 1.29 is 8.54 Å². The number of hydrogen-bond donors (Lipinski definition) is 0. The standard InChI is InChI=1S/C4H14O2Si2/c1-3-4-8(5-2)6-7/h8H,3-4H2,1-2,7H3. The van der Waals surface area contributed by atoms with Crippen molar-refractivity contribution in [3.05, 3.63) is 0 Å². The van der Waals surface area contributed by atoms with Crippen molar-refractivity contribution in [1.82, 2.24) is 0 Å². The fraction of sp³-hybridized carbons (Fsp3) is 1.00. The SMILES string of the molecule is CCC[SiH](OC)O[SiH3]. The predicted molar refractivity (Wildman–Crippen MR) is 40.3 cm³/mol. The molecule has 4 heteroatoms. The molecule has 1 unspecified atom stereocenters. The minimum Gasteiger partial charge on any atom is -0.447 e. The zero-order valence-electron chi connectivity index (χ0n) is 5.81. The van der Waals surface area contributed by atoms with Gasteiger partial charge in [-0.1, -0.05) is 13.3 Å². The highest BCUT2D eigenvalue weighted by Gasteiger charge is 2.04. The van der Waals surface area contributed by atoms with E-state index >= 15 is 0 Å². The molecule has 0 bridgehead atoms. The molecule has 0 saturated carbocycles. The van der Waals surface area contributed by atoms with Gasteiger partial charge in [-0.25, -0.2) is 0 Å². The van der Waals surface area contributed by atoms with E-state index in [2.05, 4.69) is 6.92 Å². The summed E-state index contributed by atoms with van der Waals surface area (Å²) in [7, 11) is 1.44. The molecule has 0 rings (SSSR count). The summed E-state index contributed by atoms with van der Waals surface area (Å²) < 4.78 is 10.3. The highest BCUT2D eigenvalue weighted by molar-refractivity contribution is 6.48. The van der Waals surface area contributed by atoms with Crippen LogP contribution in [-0.4, -0.2) is 26.9 Å². The average molecular weight is 150 g/mol. The quantitative estimate of drug-likeness (QED) is 0.506. The van der Waals surface area contributed by atoms with E-state index in [1.807, 2.05) is 0 Å². The van der Waals surface area contributed by atoms with Gasteiger partial charge < -0.3 is 8.54 Å². The van der Waals surface area contributed by atoms with Crippen LogP contribution in [0.5, 0.6) is 0 Å². The Bertz CT molecular complexity index is 47.3. The van der Waals surface area contributed by atoms with Crippen molar-refractivity contribution in [1.29, 1.82) is 0 Å². The van der Waals surface area contributed by atoms with Crippen LogP contribution >= 0.6 is 0 Å². The lowest BCUT2D eigenvalue weighted by Gasteiger charge is -2.08. The van der Waals surface area contributed by atoms with Crippen LogP contribution in [0, 0.1) is 0 Å². The van der Waals surface area contributed by atoms with Crippen molar-refractivity contribution in [2.75, 3.05) is 7.11 Å². The van der Waals surface area contributed by atoms with Crippen molar-refractivity contribution in [3.63, 3.8) is 0 Å². The second-order valence-electron chi connectivity index (χ2n) is 1.69. The first-order chi connectivity index (χ1) is 3.85. The Morgan fingerprint density at radius 3 is 2.38 bits per heavy atom. The fourth-order valence-corrected chi connectivity index (χ4v) is 2.99. The Kier molecular flexibility index (Phi) is 5.73. The van der Waals surface area contributed by atoms with E-state index in [1.165, 1.54) is 6.42 Å². The van der Waals surface area contributed by atoms with Crippen LogP contribution in [0.4, 0.5) is 0 Å². The van der Waals surface area contributed by atoms with Crippen LogP contribution in [0.2, 0.25) is 6.04 Å². The van der Waals surface area contributed by atoms with Gasteiger partial charge in [0.25, 0.3) is 0 Å². The Balaban J connectivity index is 3.07. The second-order valence-corrected chi connectivity index (χ2v) is 5.48. The summed E-state index contributed by atoms with van der Waals surface area (Å²) in [6.45, 7) is 2.15. The molecule has 8 heavy (non-hydrogen) atoms. The third kappa shape index (κ3) is 3.37. The van der Waals surface area contributed by atoms with Gasteiger partial charge in [0, 0.05) is 7.11 Å². The van der Waals surface area contributed by atoms with Gasteiger partial charge in [0.2, 0.25) is 0 Å². The van der Waals surface area contributed by atoms with Crippen LogP contribution in [0.25, 0.3) is 0 Å². The molecular formula is C4H14O2Si2. The van der Waals surface area contributed by atoms with Gasteiger partial charge in [-0.05, 0) is 6.04 Å². The maximum Gasteiger partial charge on any atom is 0.310 e. The predicted octanol–water partition coefficient (Wildman–Crippen LogP) is -0.440. The van der Waals surface area contributed by atoms with E-state index in [0.717, 1.165) is 16.5 Å². The van der Waals surface area contributed by atoms with E-state index in [0.29, 0.717) is 0 Å². The first kappa shape index (κ1) is 8.35. The summed E-state index contributed by atoms with van der Waals surface area (Å²) in [6.07, 6.45) is 1.19. The Morgan fingerprint density at radius 2 is 2.25 bits per heavy atom. The average Bonchev–Trinajstić information content (AvgIpc) is 1.83. The molecule has 0 spiro atoms. The minimum atomic E-state index is -1.13. The lowest BCUT2D eigenvalue weighted by molar-refractivity contribution is 0.343. The summed E-state index contributed by atoms with van der Waals surface area (Å²) in [6, 6.07) is 1.15. The third-order valence-corrected chi connectivity index (χ3v) is 4.73. The third-order valence-electron chi connectivity index (χ3n) is 1.05.